The van der Waals surface area contributed by atoms with Crippen LogP contribution >= 0.6 is 23.4 Å². The van der Waals surface area contributed by atoms with Gasteiger partial charge in [0.25, 0.3) is 5.91 Å². The maximum atomic E-state index is 13.6. The number of hydrogen-bond donors (Lipinski definition) is 3. The molecule has 0 saturated heterocycles. The predicted octanol–water partition coefficient (Wildman–Crippen LogP) is 4.36. The highest BCUT2D eigenvalue weighted by Gasteiger charge is 2.27. The molecule has 1 atom stereocenters. The van der Waals surface area contributed by atoms with Crippen molar-refractivity contribution in [2.24, 2.45) is 0 Å². The number of alkyl carbamates (subject to hydrolysis) is 1. The van der Waals surface area contributed by atoms with E-state index in [1.807, 2.05) is 87.5 Å². The third kappa shape index (κ3) is 9.37. The molecule has 3 N–H and O–H groups in total. The number of ether oxygens (including phenoxy) is 1. The first-order chi connectivity index (χ1) is 19.1. The van der Waals surface area contributed by atoms with E-state index in [-0.39, 0.29) is 29.9 Å². The van der Waals surface area contributed by atoms with Gasteiger partial charge in [-0.2, -0.15) is 4.58 Å². The van der Waals surface area contributed by atoms with E-state index in [2.05, 4.69) is 26.8 Å². The van der Waals surface area contributed by atoms with E-state index in [4.69, 9.17) is 16.3 Å². The molecule has 3 aromatic rings. The number of anilines is 2. The van der Waals surface area contributed by atoms with Gasteiger partial charge in [0.1, 0.15) is 23.2 Å². The average Bonchev–Trinajstić information content (AvgIpc) is 3.39. The van der Waals surface area contributed by atoms with Crippen LogP contribution in [0.2, 0.25) is 5.02 Å². The third-order valence-electron chi connectivity index (χ3n) is 6.28. The van der Waals surface area contributed by atoms with Crippen LogP contribution in [0.25, 0.3) is 0 Å². The highest BCUT2D eigenvalue weighted by atomic mass is 127. The summed E-state index contributed by atoms with van der Waals surface area (Å²) in [5.74, 6) is -0.218. The molecule has 0 radical (unpaired) electrons. The second-order valence-corrected chi connectivity index (χ2v) is 11.8. The van der Waals surface area contributed by atoms with Crippen molar-refractivity contribution in [3.8, 4) is 0 Å². The normalized spacial score (nSPS) is 13.7. The Morgan fingerprint density at radius 1 is 1.02 bits per heavy atom. The van der Waals surface area contributed by atoms with E-state index in [1.165, 1.54) is 5.04 Å². The Hall–Kier alpha value is -2.76. The Morgan fingerprint density at radius 2 is 1.78 bits per heavy atom. The Kier molecular flexibility index (Phi) is 11.9. The number of carbonyl (C=O) groups excluding carboxylic acids is 2. The van der Waals surface area contributed by atoms with Crippen LogP contribution < -0.4 is 39.9 Å². The van der Waals surface area contributed by atoms with Crippen LogP contribution in [0.1, 0.15) is 50.8 Å². The van der Waals surface area contributed by atoms with Crippen molar-refractivity contribution in [2.75, 3.05) is 23.4 Å². The second kappa shape index (κ2) is 14.9. The largest absolute Gasteiger partial charge is 1.00 e. The lowest BCUT2D eigenvalue weighted by atomic mass is 10.0. The monoisotopic (exact) mass is 706 g/mol. The molecule has 41 heavy (non-hydrogen) atoms. The number of rotatable bonds is 8. The summed E-state index contributed by atoms with van der Waals surface area (Å²) in [6.07, 6.45) is 3.76. The van der Waals surface area contributed by atoms with Gasteiger partial charge in [-0.1, -0.05) is 65.8 Å². The molecule has 1 aliphatic rings. The van der Waals surface area contributed by atoms with E-state index in [1.54, 1.807) is 17.8 Å². The smallest absolute Gasteiger partial charge is 0.407 e. The number of thioether (sulfide) groups is 1. The summed E-state index contributed by atoms with van der Waals surface area (Å²) in [5, 5.41) is 11.1. The summed E-state index contributed by atoms with van der Waals surface area (Å²) in [4.78, 5) is 25.7. The molecular formula is C31H36ClIN4O3S. The van der Waals surface area contributed by atoms with Crippen molar-refractivity contribution in [1.29, 1.82) is 0 Å². The van der Waals surface area contributed by atoms with Gasteiger partial charge in [0.2, 0.25) is 10.7 Å². The summed E-state index contributed by atoms with van der Waals surface area (Å²) < 4.78 is 7.57. The van der Waals surface area contributed by atoms with Crippen molar-refractivity contribution in [3.63, 3.8) is 0 Å². The molecule has 218 valence electrons. The number of carbonyl (C=O) groups is 2. The number of hydrogen-bond acceptors (Lipinski definition) is 5. The lowest BCUT2D eigenvalue weighted by Crippen LogP contribution is -3.00. The van der Waals surface area contributed by atoms with Crippen LogP contribution in [0.4, 0.5) is 21.9 Å². The fraction of sp³-hybridized carbons (Fsp3) is 0.323. The molecule has 1 aliphatic heterocycles. The Labute approximate surface area is 268 Å². The maximum absolute atomic E-state index is 13.6. The van der Waals surface area contributed by atoms with Gasteiger partial charge in [0.05, 0.1) is 0 Å². The van der Waals surface area contributed by atoms with Gasteiger partial charge in [-0.25, -0.2) is 4.79 Å². The first kappa shape index (κ1) is 32.8. The Bertz CT molecular complexity index is 1400. The molecule has 0 saturated carbocycles. The molecule has 0 spiro atoms. The van der Waals surface area contributed by atoms with E-state index >= 15 is 0 Å². The molecular weight excluding hydrogens is 671 g/mol. The quantitative estimate of drug-likeness (QED) is 0.240. The van der Waals surface area contributed by atoms with Crippen LogP contribution in [-0.2, 0) is 16.1 Å². The Balaban J connectivity index is 0.00000462. The molecule has 0 aromatic heterocycles. The van der Waals surface area contributed by atoms with Crippen molar-refractivity contribution >= 4 is 57.5 Å². The zero-order valence-corrected chi connectivity index (χ0v) is 27.4. The summed E-state index contributed by atoms with van der Waals surface area (Å²) in [6, 6.07) is 22.1. The van der Waals surface area contributed by atoms with Crippen molar-refractivity contribution in [3.05, 3.63) is 88.9 Å². The van der Waals surface area contributed by atoms with E-state index in [0.717, 1.165) is 41.9 Å². The maximum Gasteiger partial charge on any atom is 0.407 e. The van der Waals surface area contributed by atoms with E-state index in [0.29, 0.717) is 17.3 Å². The van der Waals surface area contributed by atoms with Gasteiger partial charge in [-0.15, -0.1) is 0 Å². The molecule has 0 aliphatic carbocycles. The molecule has 1 heterocycles. The number of halogens is 2. The van der Waals surface area contributed by atoms with Gasteiger partial charge < -0.3 is 44.7 Å². The minimum atomic E-state index is -0.663. The summed E-state index contributed by atoms with van der Waals surface area (Å²) in [6.45, 7) is 6.70. The average molecular weight is 707 g/mol. The number of benzene rings is 3. The van der Waals surface area contributed by atoms with Gasteiger partial charge in [-0.05, 0) is 62.4 Å². The predicted molar refractivity (Wildman–Crippen MR) is 165 cm³/mol. The van der Waals surface area contributed by atoms with Crippen LogP contribution in [-0.4, -0.2) is 40.0 Å². The zero-order chi connectivity index (χ0) is 28.7. The van der Waals surface area contributed by atoms with Crippen LogP contribution in [0.5, 0.6) is 0 Å². The minimum absolute atomic E-state index is 0. The molecule has 1 unspecified atom stereocenters. The van der Waals surface area contributed by atoms with E-state index < -0.39 is 17.7 Å². The van der Waals surface area contributed by atoms with Gasteiger partial charge in [-0.3, -0.25) is 4.79 Å². The molecule has 3 aromatic carbocycles. The number of nitrogens with one attached hydrogen (secondary N) is 3. The van der Waals surface area contributed by atoms with Crippen molar-refractivity contribution in [2.45, 2.75) is 51.8 Å². The fourth-order valence-corrected chi connectivity index (χ4v) is 5.55. The molecule has 10 heteroatoms. The van der Waals surface area contributed by atoms with Crippen molar-refractivity contribution in [1.82, 2.24) is 5.32 Å². The lowest BCUT2D eigenvalue weighted by Gasteiger charge is -2.21. The highest BCUT2D eigenvalue weighted by Crippen LogP contribution is 2.32. The fourth-order valence-electron chi connectivity index (χ4n) is 4.50. The van der Waals surface area contributed by atoms with Crippen LogP contribution in [0, 0.1) is 0 Å². The minimum Gasteiger partial charge on any atom is -1.00 e. The first-order valence-corrected chi connectivity index (χ1v) is 14.9. The molecule has 0 fully saturated rings. The van der Waals surface area contributed by atoms with Gasteiger partial charge in [0.15, 0.2) is 0 Å². The van der Waals surface area contributed by atoms with E-state index in [9.17, 15) is 9.59 Å². The zero-order valence-electron chi connectivity index (χ0n) is 23.7. The third-order valence-corrected chi connectivity index (χ3v) is 7.48. The van der Waals surface area contributed by atoms with Crippen LogP contribution in [0.15, 0.2) is 72.8 Å². The summed E-state index contributed by atoms with van der Waals surface area (Å²) >= 11 is 8.42. The first-order valence-electron chi connectivity index (χ1n) is 13.3. The summed E-state index contributed by atoms with van der Waals surface area (Å²) in [5.41, 5.74) is 3.44. The highest BCUT2D eigenvalue weighted by molar-refractivity contribution is 8.13. The molecule has 7 nitrogen and oxygen atoms in total. The van der Waals surface area contributed by atoms with Gasteiger partial charge >= 0.3 is 6.09 Å². The second-order valence-electron chi connectivity index (χ2n) is 10.6. The summed E-state index contributed by atoms with van der Waals surface area (Å²) in [7, 11) is 0. The topological polar surface area (TPSA) is 82.5 Å². The Morgan fingerprint density at radius 3 is 2.46 bits per heavy atom. The van der Waals surface area contributed by atoms with Gasteiger partial charge in [0, 0.05) is 36.8 Å². The van der Waals surface area contributed by atoms with Crippen molar-refractivity contribution < 1.29 is 42.9 Å². The molecule has 4 rings (SSSR count). The lowest BCUT2D eigenvalue weighted by molar-refractivity contribution is -0.428. The number of amides is 2. The SMILES string of the molecule is CSC1=[N+](c2ccc(NC(=O)C(Nc3cccc(CNC(=O)OC(C)(C)C)c3)c3ccccc3)cc2Cl)CCC1.[I-]. The standard InChI is InChI=1S/C31H35ClN4O3S.HI/c1-31(2,3)39-30(38)33-20-21-10-8-13-23(18-21)34-28(22-11-6-5-7-12-22)29(37)35-24-15-16-26(25(32)19-24)36-17-9-14-27(36)40-4;/h5-8,10-13,15-16,18-19,28,34H,9,14,17,20H2,1-4H3,(H-,33,35,37,38);1H. The van der Waals surface area contributed by atoms with Crippen LogP contribution in [0.3, 0.4) is 0 Å². The molecule has 0 bridgehead atoms. The number of nitrogens with zero attached hydrogens (tertiary/aromatic N) is 1. The molecule has 2 amide bonds.